The Balaban J connectivity index is 4.09. The van der Waals surface area contributed by atoms with Crippen LogP contribution in [0.2, 0.25) is 0 Å². The van der Waals surface area contributed by atoms with Crippen molar-refractivity contribution in [1.29, 1.82) is 0 Å². The second kappa shape index (κ2) is 11.1. The zero-order valence-electron chi connectivity index (χ0n) is 15.9. The highest BCUT2D eigenvalue weighted by Gasteiger charge is 2.62. The van der Waals surface area contributed by atoms with Crippen molar-refractivity contribution in [3.05, 3.63) is 0 Å². The zero-order chi connectivity index (χ0) is 19.6. The number of quaternary nitrogens is 1. The third-order valence-electron chi connectivity index (χ3n) is 4.78. The van der Waals surface area contributed by atoms with Gasteiger partial charge in [-0.15, -0.1) is 0 Å². The highest BCUT2D eigenvalue weighted by Crippen LogP contribution is 2.25. The van der Waals surface area contributed by atoms with Crippen LogP contribution in [0.25, 0.3) is 0 Å². The van der Waals surface area contributed by atoms with Gasteiger partial charge in [-0.1, -0.05) is 64.7 Å². The summed E-state index contributed by atoms with van der Waals surface area (Å²) in [6.45, 7) is 2.34. The molecule has 0 aromatic heterocycles. The molecule has 8 heteroatoms. The molecular weight excluding hydrogens is 346 g/mol. The van der Waals surface area contributed by atoms with Crippen molar-refractivity contribution in [1.82, 2.24) is 0 Å². The summed E-state index contributed by atoms with van der Waals surface area (Å²) in [7, 11) is -2.58. The van der Waals surface area contributed by atoms with Gasteiger partial charge >= 0.3 is 21.1 Å². The summed E-state index contributed by atoms with van der Waals surface area (Å²) in [5.41, 5.74) is 0. The molecule has 0 aromatic rings. The quantitative estimate of drug-likeness (QED) is 0.174. The van der Waals surface area contributed by atoms with Crippen molar-refractivity contribution in [2.24, 2.45) is 0 Å². The molecule has 7 nitrogen and oxygen atoms in total. The van der Waals surface area contributed by atoms with Crippen LogP contribution in [0, 0.1) is 0 Å². The molecular formula is C17H36NO6S+. The smallest absolute Gasteiger partial charge is 0.428 e. The fourth-order valence-corrected chi connectivity index (χ4v) is 3.94. The summed E-state index contributed by atoms with van der Waals surface area (Å²) >= 11 is 0. The van der Waals surface area contributed by atoms with E-state index in [-0.39, 0.29) is 6.54 Å². The Morgan fingerprint density at radius 1 is 0.880 bits per heavy atom. The number of rotatable bonds is 15. The molecule has 150 valence electrons. The van der Waals surface area contributed by atoms with Gasteiger partial charge in [-0.3, -0.25) is 9.04 Å². The van der Waals surface area contributed by atoms with Crippen LogP contribution < -0.4 is 0 Å². The van der Waals surface area contributed by atoms with Gasteiger partial charge in [-0.2, -0.15) is 8.42 Å². The fraction of sp³-hybridized carbons (Fsp3) is 0.941. The number of likely N-dealkylation sites (N-methyl/N-ethyl adjacent to an activating group) is 1. The molecule has 25 heavy (non-hydrogen) atoms. The maximum Gasteiger partial charge on any atom is 0.428 e. The predicted octanol–water partition coefficient (Wildman–Crippen LogP) is 2.99. The number of nitrogens with zero attached hydrogens (tertiary/aromatic N) is 1. The van der Waals surface area contributed by atoms with Crippen LogP contribution in [0.3, 0.4) is 0 Å². The second-order valence-electron chi connectivity index (χ2n) is 7.33. The molecule has 1 atom stereocenters. The molecule has 0 rings (SSSR count). The van der Waals surface area contributed by atoms with Gasteiger partial charge in [-0.25, -0.2) is 4.79 Å². The van der Waals surface area contributed by atoms with Gasteiger partial charge in [0.2, 0.25) is 0 Å². The summed E-state index contributed by atoms with van der Waals surface area (Å²) in [4.78, 5) is 11.2. The highest BCUT2D eigenvalue weighted by atomic mass is 32.2. The molecule has 0 radical (unpaired) electrons. The number of aliphatic hydroxyl groups is 1. The third-order valence-corrected chi connectivity index (χ3v) is 6.17. The molecule has 0 aliphatic carbocycles. The van der Waals surface area contributed by atoms with Crippen molar-refractivity contribution >= 4 is 16.1 Å². The molecule has 0 heterocycles. The van der Waals surface area contributed by atoms with E-state index < -0.39 is 25.6 Å². The summed E-state index contributed by atoms with van der Waals surface area (Å²) in [5, 5.41) is 15.9. The SMILES string of the molecule is CCCCCCCCCCCCC[N+](C)(C)C(O)(C(=O)O)S(=O)(=O)O. The third kappa shape index (κ3) is 7.60. The van der Waals surface area contributed by atoms with E-state index in [9.17, 15) is 18.3 Å². The first kappa shape index (κ1) is 24.3. The number of carboxylic acid groups (broad SMARTS) is 1. The molecule has 3 N–H and O–H groups in total. The Morgan fingerprint density at radius 2 is 1.24 bits per heavy atom. The summed E-state index contributed by atoms with van der Waals surface area (Å²) < 4.78 is 31.1. The fourth-order valence-electron chi connectivity index (χ4n) is 3.00. The van der Waals surface area contributed by atoms with E-state index >= 15 is 0 Å². The normalized spacial score (nSPS) is 15.1. The van der Waals surface area contributed by atoms with Gasteiger partial charge in [0, 0.05) is 0 Å². The van der Waals surface area contributed by atoms with Crippen LogP contribution in [0.5, 0.6) is 0 Å². The Morgan fingerprint density at radius 3 is 1.56 bits per heavy atom. The maximum atomic E-state index is 11.4. The molecule has 0 bridgehead atoms. The summed E-state index contributed by atoms with van der Waals surface area (Å²) in [6, 6.07) is 0. The number of aliphatic carboxylic acids is 1. The first-order valence-electron chi connectivity index (χ1n) is 9.26. The van der Waals surface area contributed by atoms with E-state index in [1.54, 1.807) is 0 Å². The Bertz CT molecular complexity index is 491. The van der Waals surface area contributed by atoms with Gasteiger partial charge < -0.3 is 10.2 Å². The van der Waals surface area contributed by atoms with Crippen molar-refractivity contribution in [3.8, 4) is 0 Å². The van der Waals surface area contributed by atoms with Crippen LogP contribution in [0.1, 0.15) is 77.6 Å². The van der Waals surface area contributed by atoms with Gasteiger partial charge in [0.15, 0.2) is 0 Å². The number of unbranched alkanes of at least 4 members (excludes halogenated alkanes) is 10. The van der Waals surface area contributed by atoms with Crippen LogP contribution >= 0.6 is 0 Å². The van der Waals surface area contributed by atoms with Crippen molar-refractivity contribution in [3.63, 3.8) is 0 Å². The van der Waals surface area contributed by atoms with Crippen molar-refractivity contribution in [2.75, 3.05) is 20.6 Å². The molecule has 0 saturated heterocycles. The van der Waals surface area contributed by atoms with E-state index in [0.29, 0.717) is 6.42 Å². The lowest BCUT2D eigenvalue weighted by Crippen LogP contribution is -2.68. The number of hydrogen-bond donors (Lipinski definition) is 3. The molecule has 0 spiro atoms. The minimum absolute atomic E-state index is 0.138. The molecule has 0 saturated carbocycles. The lowest BCUT2D eigenvalue weighted by molar-refractivity contribution is -0.939. The largest absolute Gasteiger partial charge is 0.474 e. The van der Waals surface area contributed by atoms with Crippen LogP contribution in [0.15, 0.2) is 0 Å². The number of carboxylic acids is 1. The van der Waals surface area contributed by atoms with E-state index in [2.05, 4.69) is 6.92 Å². The molecule has 0 aromatic carbocycles. The van der Waals surface area contributed by atoms with Crippen molar-refractivity contribution in [2.45, 2.75) is 82.6 Å². The molecule has 0 aliphatic heterocycles. The Labute approximate surface area is 152 Å². The van der Waals surface area contributed by atoms with E-state index in [1.165, 1.54) is 59.0 Å². The lowest BCUT2D eigenvalue weighted by atomic mass is 10.1. The minimum atomic E-state index is -5.16. The first-order valence-corrected chi connectivity index (χ1v) is 10.7. The predicted molar refractivity (Wildman–Crippen MR) is 97.6 cm³/mol. The average molecular weight is 383 g/mol. The zero-order valence-corrected chi connectivity index (χ0v) is 16.7. The maximum absolute atomic E-state index is 11.4. The van der Waals surface area contributed by atoms with Crippen LogP contribution in [0.4, 0.5) is 0 Å². The summed E-state index contributed by atoms with van der Waals surface area (Å²) in [6.07, 6.45) is 12.3. The number of hydrogen-bond acceptors (Lipinski definition) is 4. The average Bonchev–Trinajstić information content (AvgIpc) is 2.50. The second-order valence-corrected chi connectivity index (χ2v) is 8.85. The van der Waals surface area contributed by atoms with E-state index in [4.69, 9.17) is 9.66 Å². The first-order chi connectivity index (χ1) is 11.5. The van der Waals surface area contributed by atoms with Crippen LogP contribution in [-0.2, 0) is 14.9 Å². The standard InChI is InChI=1S/C17H35NO6S/c1-4-5-6-7-8-9-10-11-12-13-14-15-18(2,3)17(21,16(19)20)25(22,23)24/h21H,4-15H2,1-3H3,(H-,19,20,22,23,24)/p+1. The van der Waals surface area contributed by atoms with Gasteiger partial charge in [0.05, 0.1) is 20.6 Å². The van der Waals surface area contributed by atoms with Gasteiger partial charge in [-0.05, 0) is 12.8 Å². The van der Waals surface area contributed by atoms with Crippen molar-refractivity contribution < 1.29 is 32.5 Å². The highest BCUT2D eigenvalue weighted by molar-refractivity contribution is 7.87. The van der Waals surface area contributed by atoms with E-state index in [1.807, 2.05) is 0 Å². The number of carbonyl (C=O) groups is 1. The monoisotopic (exact) mass is 382 g/mol. The van der Waals surface area contributed by atoms with Gasteiger partial charge in [0.25, 0.3) is 0 Å². The lowest BCUT2D eigenvalue weighted by Gasteiger charge is -2.38. The van der Waals surface area contributed by atoms with E-state index in [0.717, 1.165) is 19.3 Å². The topological polar surface area (TPSA) is 112 Å². The summed E-state index contributed by atoms with van der Waals surface area (Å²) in [5.74, 6) is -1.97. The molecule has 0 amide bonds. The Hall–Kier alpha value is -0.700. The molecule has 0 aliphatic rings. The minimum Gasteiger partial charge on any atom is -0.474 e. The molecule has 1 unspecified atom stereocenters. The van der Waals surface area contributed by atoms with Crippen LogP contribution in [-0.4, -0.2) is 59.3 Å². The van der Waals surface area contributed by atoms with Gasteiger partial charge in [0.1, 0.15) is 0 Å². The Kier molecular flexibility index (Phi) is 10.8. The molecule has 0 fully saturated rings.